The van der Waals surface area contributed by atoms with E-state index < -0.39 is 11.9 Å². The smallest absolute Gasteiger partial charge is 0.361 e. The van der Waals surface area contributed by atoms with Gasteiger partial charge in [0.25, 0.3) is 0 Å². The monoisotopic (exact) mass is 361 g/mol. The highest BCUT2D eigenvalue weighted by Gasteiger charge is 2.20. The number of esters is 1. The fourth-order valence-electron chi connectivity index (χ4n) is 2.05. The van der Waals surface area contributed by atoms with E-state index in [1.165, 1.54) is 6.08 Å². The largest absolute Gasteiger partial charge is 0.458 e. The van der Waals surface area contributed by atoms with Crippen molar-refractivity contribution in [2.75, 3.05) is 5.32 Å². The summed E-state index contributed by atoms with van der Waals surface area (Å²) in [6, 6.07) is 7.18. The lowest BCUT2D eigenvalue weighted by Crippen LogP contribution is -2.16. The molecule has 0 bridgehead atoms. The highest BCUT2D eigenvalue weighted by atomic mass is 35.5. The van der Waals surface area contributed by atoms with Crippen molar-refractivity contribution < 1.29 is 14.3 Å². The third-order valence-corrected chi connectivity index (χ3v) is 3.54. The minimum atomic E-state index is -0.576. The van der Waals surface area contributed by atoms with Crippen molar-refractivity contribution in [3.05, 3.63) is 52.8 Å². The van der Waals surface area contributed by atoms with Gasteiger partial charge >= 0.3 is 5.97 Å². The van der Waals surface area contributed by atoms with Gasteiger partial charge in [-0.1, -0.05) is 29.8 Å². The zero-order valence-electron chi connectivity index (χ0n) is 14.3. The first-order valence-corrected chi connectivity index (χ1v) is 8.30. The number of hydrogen-bond donors (Lipinski definition) is 1. The second kappa shape index (κ2) is 8.48. The molecule has 1 amide bonds. The van der Waals surface area contributed by atoms with Crippen molar-refractivity contribution in [1.82, 2.24) is 9.78 Å². The van der Waals surface area contributed by atoms with E-state index in [9.17, 15) is 9.59 Å². The molecular formula is C18H20ClN3O3. The zero-order valence-corrected chi connectivity index (χ0v) is 15.1. The van der Waals surface area contributed by atoms with Crippen LogP contribution in [0.1, 0.15) is 36.8 Å². The summed E-state index contributed by atoms with van der Waals surface area (Å²) in [5, 5.41) is 7.35. The number of amides is 1. The van der Waals surface area contributed by atoms with Crippen LogP contribution in [0.5, 0.6) is 0 Å². The fraction of sp³-hybridized carbons (Fsp3) is 0.278. The summed E-state index contributed by atoms with van der Waals surface area (Å²) in [4.78, 5) is 24.3. The van der Waals surface area contributed by atoms with Gasteiger partial charge in [-0.25, -0.2) is 4.79 Å². The maximum atomic E-state index is 12.2. The Morgan fingerprint density at radius 2 is 2.08 bits per heavy atom. The fourth-order valence-corrected chi connectivity index (χ4v) is 2.24. The van der Waals surface area contributed by atoms with Gasteiger partial charge in [-0.15, -0.1) is 0 Å². The van der Waals surface area contributed by atoms with E-state index in [2.05, 4.69) is 10.4 Å². The molecule has 7 heteroatoms. The van der Waals surface area contributed by atoms with E-state index in [0.717, 1.165) is 5.56 Å². The maximum Gasteiger partial charge on any atom is 0.361 e. The Morgan fingerprint density at radius 3 is 2.72 bits per heavy atom. The van der Waals surface area contributed by atoms with Crippen LogP contribution in [-0.4, -0.2) is 27.8 Å². The van der Waals surface area contributed by atoms with E-state index in [1.54, 1.807) is 42.9 Å². The van der Waals surface area contributed by atoms with E-state index >= 15 is 0 Å². The van der Waals surface area contributed by atoms with Crippen molar-refractivity contribution in [3.63, 3.8) is 0 Å². The number of anilines is 1. The van der Waals surface area contributed by atoms with Crippen LogP contribution >= 0.6 is 11.6 Å². The van der Waals surface area contributed by atoms with Crippen molar-refractivity contribution in [2.45, 2.75) is 33.4 Å². The molecule has 1 heterocycles. The molecule has 6 nitrogen and oxygen atoms in total. The summed E-state index contributed by atoms with van der Waals surface area (Å²) < 4.78 is 6.72. The van der Waals surface area contributed by atoms with Gasteiger partial charge in [-0.3, -0.25) is 9.48 Å². The first kappa shape index (κ1) is 18.7. The van der Waals surface area contributed by atoms with Crippen LogP contribution in [0.4, 0.5) is 5.69 Å². The Balaban J connectivity index is 2.16. The highest BCUT2D eigenvalue weighted by molar-refractivity contribution is 6.32. The molecule has 0 unspecified atom stereocenters. The first-order valence-electron chi connectivity index (χ1n) is 7.92. The molecule has 0 aliphatic heterocycles. The van der Waals surface area contributed by atoms with Crippen LogP contribution in [0.2, 0.25) is 5.02 Å². The number of ether oxygens (including phenoxy) is 1. The van der Waals surface area contributed by atoms with Crippen molar-refractivity contribution in [2.24, 2.45) is 0 Å². The standard InChI is InChI=1S/C18H20ClN3O3/c1-4-22-11-15(17(21-22)18(24)25-12(2)3)20-16(23)10-9-13-7-5-6-8-14(13)19/h5-12H,4H2,1-3H3,(H,20,23)/b10-9+. The normalized spacial score (nSPS) is 11.1. The third-order valence-electron chi connectivity index (χ3n) is 3.20. The summed E-state index contributed by atoms with van der Waals surface area (Å²) in [7, 11) is 0. The van der Waals surface area contributed by atoms with Crippen LogP contribution in [0.15, 0.2) is 36.5 Å². The van der Waals surface area contributed by atoms with E-state index in [4.69, 9.17) is 16.3 Å². The minimum Gasteiger partial charge on any atom is -0.458 e. The van der Waals surface area contributed by atoms with Gasteiger partial charge in [0.15, 0.2) is 5.69 Å². The quantitative estimate of drug-likeness (QED) is 0.627. The number of halogens is 1. The van der Waals surface area contributed by atoms with Crippen molar-refractivity contribution in [1.29, 1.82) is 0 Å². The minimum absolute atomic E-state index is 0.0787. The number of hydrogen-bond acceptors (Lipinski definition) is 4. The van der Waals surface area contributed by atoms with E-state index in [0.29, 0.717) is 17.3 Å². The molecule has 132 valence electrons. The van der Waals surface area contributed by atoms with Crippen LogP contribution in [0.3, 0.4) is 0 Å². The molecule has 2 rings (SSSR count). The maximum absolute atomic E-state index is 12.2. The second-order valence-electron chi connectivity index (χ2n) is 5.55. The molecule has 0 aliphatic carbocycles. The Hall–Kier alpha value is -2.60. The Labute approximate surface area is 151 Å². The topological polar surface area (TPSA) is 73.2 Å². The lowest BCUT2D eigenvalue weighted by Gasteiger charge is -2.07. The third kappa shape index (κ3) is 5.19. The van der Waals surface area contributed by atoms with Gasteiger partial charge < -0.3 is 10.1 Å². The molecule has 25 heavy (non-hydrogen) atoms. The van der Waals surface area contributed by atoms with E-state index in [1.807, 2.05) is 19.1 Å². The van der Waals surface area contributed by atoms with Gasteiger partial charge in [0, 0.05) is 23.8 Å². The van der Waals surface area contributed by atoms with Crippen molar-refractivity contribution in [3.8, 4) is 0 Å². The number of benzene rings is 1. The second-order valence-corrected chi connectivity index (χ2v) is 5.95. The molecule has 1 aromatic carbocycles. The SMILES string of the molecule is CCn1cc(NC(=O)/C=C/c2ccccc2Cl)c(C(=O)OC(C)C)n1. The Bertz CT molecular complexity index is 797. The molecule has 1 aromatic heterocycles. The van der Waals surface area contributed by atoms with Crippen LogP contribution < -0.4 is 5.32 Å². The summed E-state index contributed by atoms with van der Waals surface area (Å²) in [5.74, 6) is -0.971. The number of nitrogens with one attached hydrogen (secondary N) is 1. The molecule has 0 spiro atoms. The van der Waals surface area contributed by atoms with Crippen LogP contribution in [-0.2, 0) is 16.1 Å². The number of carbonyl (C=O) groups is 2. The van der Waals surface area contributed by atoms with Gasteiger partial charge in [-0.05, 0) is 38.5 Å². The predicted molar refractivity (Wildman–Crippen MR) is 97.6 cm³/mol. The number of rotatable bonds is 6. The Kier molecular flexibility index (Phi) is 6.36. The Morgan fingerprint density at radius 1 is 1.36 bits per heavy atom. The van der Waals surface area contributed by atoms with Crippen LogP contribution in [0, 0.1) is 0 Å². The molecule has 0 radical (unpaired) electrons. The summed E-state index contributed by atoms with van der Waals surface area (Å²) in [5.41, 5.74) is 1.11. The number of carbonyl (C=O) groups excluding carboxylic acids is 2. The van der Waals surface area contributed by atoms with Crippen molar-refractivity contribution >= 4 is 35.2 Å². The first-order chi connectivity index (χ1) is 11.9. The summed E-state index contributed by atoms with van der Waals surface area (Å²) >= 11 is 6.05. The van der Waals surface area contributed by atoms with E-state index in [-0.39, 0.29) is 11.8 Å². The lowest BCUT2D eigenvalue weighted by molar-refractivity contribution is -0.111. The summed E-state index contributed by atoms with van der Waals surface area (Å²) in [6.45, 7) is 5.94. The highest BCUT2D eigenvalue weighted by Crippen LogP contribution is 2.18. The van der Waals surface area contributed by atoms with Gasteiger partial charge in [0.05, 0.1) is 11.8 Å². The molecule has 1 N–H and O–H groups in total. The van der Waals surface area contributed by atoms with Crippen LogP contribution in [0.25, 0.3) is 6.08 Å². The van der Waals surface area contributed by atoms with Gasteiger partial charge in [-0.2, -0.15) is 5.10 Å². The molecule has 0 fully saturated rings. The molecule has 0 saturated heterocycles. The van der Waals surface area contributed by atoms with Gasteiger partial charge in [0.2, 0.25) is 5.91 Å². The summed E-state index contributed by atoms with van der Waals surface area (Å²) in [6.07, 6.45) is 4.27. The molecule has 0 aliphatic rings. The lowest BCUT2D eigenvalue weighted by atomic mass is 10.2. The molecular weight excluding hydrogens is 342 g/mol. The molecule has 2 aromatic rings. The molecule has 0 saturated carbocycles. The number of aromatic nitrogens is 2. The molecule has 0 atom stereocenters. The average molecular weight is 362 g/mol. The zero-order chi connectivity index (χ0) is 18.4. The number of aryl methyl sites for hydroxylation is 1. The number of nitrogens with zero attached hydrogens (tertiary/aromatic N) is 2. The predicted octanol–water partition coefficient (Wildman–Crippen LogP) is 3.77. The average Bonchev–Trinajstić information content (AvgIpc) is 2.96. The van der Waals surface area contributed by atoms with Gasteiger partial charge in [0.1, 0.15) is 0 Å².